The summed E-state index contributed by atoms with van der Waals surface area (Å²) in [5.41, 5.74) is 0. The van der Waals surface area contributed by atoms with Crippen LogP contribution in [0.15, 0.2) is 97.2 Å². The molecule has 0 aliphatic rings. The van der Waals surface area contributed by atoms with E-state index in [0.717, 1.165) is 109 Å². The van der Waals surface area contributed by atoms with Crippen LogP contribution in [0, 0.1) is 0 Å². The van der Waals surface area contributed by atoms with Crippen LogP contribution in [0.4, 0.5) is 0 Å². The molecule has 6 nitrogen and oxygen atoms in total. The molecule has 334 valence electrons. The summed E-state index contributed by atoms with van der Waals surface area (Å²) in [7, 11) is 0. The zero-order valence-electron chi connectivity index (χ0n) is 38.0. The van der Waals surface area contributed by atoms with Crippen LogP contribution in [0.5, 0.6) is 0 Å². The second-order valence-electron chi connectivity index (χ2n) is 15.3. The molecule has 0 aliphatic heterocycles. The van der Waals surface area contributed by atoms with Gasteiger partial charge in [-0.1, -0.05) is 176 Å². The van der Waals surface area contributed by atoms with E-state index < -0.39 is 6.10 Å². The summed E-state index contributed by atoms with van der Waals surface area (Å²) in [6, 6.07) is 0. The number of carbonyl (C=O) groups is 3. The number of hydrogen-bond donors (Lipinski definition) is 0. The molecule has 0 saturated heterocycles. The van der Waals surface area contributed by atoms with Crippen molar-refractivity contribution in [2.75, 3.05) is 13.2 Å². The van der Waals surface area contributed by atoms with Crippen LogP contribution in [0.3, 0.4) is 0 Å². The van der Waals surface area contributed by atoms with Crippen molar-refractivity contribution in [1.82, 2.24) is 0 Å². The van der Waals surface area contributed by atoms with E-state index in [1.54, 1.807) is 0 Å². The van der Waals surface area contributed by atoms with Gasteiger partial charge >= 0.3 is 17.9 Å². The lowest BCUT2D eigenvalue weighted by Crippen LogP contribution is -2.30. The highest BCUT2D eigenvalue weighted by molar-refractivity contribution is 5.71. The Morgan fingerprint density at radius 1 is 0.356 bits per heavy atom. The van der Waals surface area contributed by atoms with Crippen molar-refractivity contribution in [2.45, 2.75) is 207 Å². The van der Waals surface area contributed by atoms with Gasteiger partial charge in [0, 0.05) is 19.3 Å². The quantitative estimate of drug-likeness (QED) is 0.0265. The van der Waals surface area contributed by atoms with E-state index in [2.05, 4.69) is 106 Å². The summed E-state index contributed by atoms with van der Waals surface area (Å²) < 4.78 is 16.6. The Morgan fingerprint density at radius 3 is 1.20 bits per heavy atom. The Balaban J connectivity index is 4.50. The molecule has 0 amide bonds. The van der Waals surface area contributed by atoms with Gasteiger partial charge in [0.25, 0.3) is 0 Å². The van der Waals surface area contributed by atoms with Crippen LogP contribution in [-0.4, -0.2) is 37.2 Å². The van der Waals surface area contributed by atoms with Gasteiger partial charge in [0.1, 0.15) is 13.2 Å². The van der Waals surface area contributed by atoms with Gasteiger partial charge in [-0.15, -0.1) is 0 Å². The van der Waals surface area contributed by atoms with E-state index in [0.29, 0.717) is 19.3 Å². The first kappa shape index (κ1) is 55.3. The summed E-state index contributed by atoms with van der Waals surface area (Å²) in [5, 5.41) is 0. The molecule has 59 heavy (non-hydrogen) atoms. The second kappa shape index (κ2) is 47.0. The third kappa shape index (κ3) is 45.3. The Hall–Kier alpha value is -3.67. The predicted octanol–water partition coefficient (Wildman–Crippen LogP) is 15.4. The van der Waals surface area contributed by atoms with Crippen molar-refractivity contribution in [2.24, 2.45) is 0 Å². The molecule has 0 radical (unpaired) electrons. The molecule has 0 bridgehead atoms. The average Bonchev–Trinajstić information content (AvgIpc) is 3.23. The number of unbranched alkanes of at least 4 members (excludes halogenated alkanes) is 14. The van der Waals surface area contributed by atoms with Gasteiger partial charge in [0.2, 0.25) is 0 Å². The highest BCUT2D eigenvalue weighted by atomic mass is 16.6. The van der Waals surface area contributed by atoms with Crippen LogP contribution in [0.25, 0.3) is 0 Å². The molecule has 0 aromatic rings. The van der Waals surface area contributed by atoms with Crippen molar-refractivity contribution in [3.8, 4) is 0 Å². The smallest absolute Gasteiger partial charge is 0.306 e. The second-order valence-corrected chi connectivity index (χ2v) is 15.3. The Kier molecular flexibility index (Phi) is 44.1. The summed E-state index contributed by atoms with van der Waals surface area (Å²) >= 11 is 0. The Labute approximate surface area is 362 Å². The molecular weight excluding hydrogens is 733 g/mol. The number of carbonyl (C=O) groups excluding carboxylic acids is 3. The zero-order valence-corrected chi connectivity index (χ0v) is 38.0. The fraction of sp³-hybridized carbons (Fsp3) is 0.642. The maximum atomic E-state index is 12.7. The molecule has 0 saturated carbocycles. The largest absolute Gasteiger partial charge is 0.462 e. The van der Waals surface area contributed by atoms with Gasteiger partial charge in [0.05, 0.1) is 0 Å². The lowest BCUT2D eigenvalue weighted by molar-refractivity contribution is -0.166. The number of ether oxygens (including phenoxy) is 3. The molecule has 0 aromatic carbocycles. The van der Waals surface area contributed by atoms with Gasteiger partial charge in [-0.25, -0.2) is 0 Å². The summed E-state index contributed by atoms with van der Waals surface area (Å²) in [5.74, 6) is -1.03. The lowest BCUT2D eigenvalue weighted by Gasteiger charge is -2.18. The van der Waals surface area contributed by atoms with Crippen LogP contribution >= 0.6 is 0 Å². The topological polar surface area (TPSA) is 78.9 Å². The minimum Gasteiger partial charge on any atom is -0.462 e. The highest BCUT2D eigenvalue weighted by Gasteiger charge is 2.19. The number of rotatable bonds is 41. The lowest BCUT2D eigenvalue weighted by atomic mass is 10.1. The maximum absolute atomic E-state index is 12.7. The molecule has 1 unspecified atom stereocenters. The summed E-state index contributed by atoms with van der Waals surface area (Å²) in [6.45, 7) is 6.33. The molecule has 0 spiro atoms. The third-order valence-corrected chi connectivity index (χ3v) is 9.54. The first-order valence-electron chi connectivity index (χ1n) is 23.7. The van der Waals surface area contributed by atoms with Gasteiger partial charge in [0.15, 0.2) is 6.10 Å². The monoisotopic (exact) mass is 819 g/mol. The van der Waals surface area contributed by atoms with E-state index in [1.165, 1.54) is 44.9 Å². The number of esters is 3. The molecule has 0 aliphatic carbocycles. The summed E-state index contributed by atoms with van der Waals surface area (Å²) in [4.78, 5) is 37.7. The molecular formula is C53H86O6. The van der Waals surface area contributed by atoms with Crippen molar-refractivity contribution in [1.29, 1.82) is 0 Å². The van der Waals surface area contributed by atoms with E-state index in [1.807, 2.05) is 12.2 Å². The molecule has 0 heterocycles. The highest BCUT2D eigenvalue weighted by Crippen LogP contribution is 2.12. The van der Waals surface area contributed by atoms with Gasteiger partial charge in [-0.2, -0.15) is 0 Å². The summed E-state index contributed by atoms with van der Waals surface area (Å²) in [6.07, 6.45) is 61.2. The molecule has 1 atom stereocenters. The fourth-order valence-corrected chi connectivity index (χ4v) is 5.99. The van der Waals surface area contributed by atoms with E-state index in [4.69, 9.17) is 14.2 Å². The van der Waals surface area contributed by atoms with Gasteiger partial charge in [-0.05, 0) is 103 Å². The van der Waals surface area contributed by atoms with E-state index >= 15 is 0 Å². The van der Waals surface area contributed by atoms with Gasteiger partial charge < -0.3 is 14.2 Å². The molecule has 6 heteroatoms. The molecule has 0 aromatic heterocycles. The average molecular weight is 819 g/mol. The van der Waals surface area contributed by atoms with Crippen LogP contribution < -0.4 is 0 Å². The van der Waals surface area contributed by atoms with E-state index in [-0.39, 0.29) is 37.5 Å². The van der Waals surface area contributed by atoms with Crippen LogP contribution in [0.2, 0.25) is 0 Å². The molecule has 0 N–H and O–H groups in total. The Bertz CT molecular complexity index is 1220. The SMILES string of the molecule is CC/C=C\C/C=C\C/C=C\C/C=C\C/C=C\C/C=C\CCC(=O)OCC(COC(=O)CCCCCCC/C=C\CCC)OC(=O)CCCCCCC/C=C\CCCCC. The number of allylic oxidation sites excluding steroid dienone is 16. The van der Waals surface area contributed by atoms with Crippen LogP contribution in [0.1, 0.15) is 201 Å². The molecule has 0 fully saturated rings. The predicted molar refractivity (Wildman–Crippen MR) is 251 cm³/mol. The Morgan fingerprint density at radius 2 is 0.729 bits per heavy atom. The third-order valence-electron chi connectivity index (χ3n) is 9.54. The van der Waals surface area contributed by atoms with Crippen molar-refractivity contribution >= 4 is 17.9 Å². The first-order valence-corrected chi connectivity index (χ1v) is 23.7. The van der Waals surface area contributed by atoms with Crippen LogP contribution in [-0.2, 0) is 28.6 Å². The van der Waals surface area contributed by atoms with Crippen molar-refractivity contribution in [3.05, 3.63) is 97.2 Å². The first-order chi connectivity index (χ1) is 29.0. The standard InChI is InChI=1S/C53H86O6/c1-4-7-10-13-16-19-22-24-25-26-27-28-29-30-32-34-37-40-43-46-52(55)58-49-50(48-57-51(54)45-42-39-36-33-21-18-15-12-9-6-3)59-53(56)47-44-41-38-35-31-23-20-17-14-11-8-5-2/h7,10,12,15-17,19-20,24-25,27-28,30,32,37,40,50H,4-6,8-9,11,13-14,18,21-23,26,29,31,33-36,38-39,41-49H2,1-3H3/b10-7-,15-12-,19-16-,20-17-,25-24-,28-27-,32-30-,40-37-. The van der Waals surface area contributed by atoms with Crippen molar-refractivity contribution in [3.63, 3.8) is 0 Å². The molecule has 0 rings (SSSR count). The maximum Gasteiger partial charge on any atom is 0.306 e. The normalized spacial score (nSPS) is 12.9. The minimum absolute atomic E-state index is 0.110. The minimum atomic E-state index is -0.814. The number of hydrogen-bond acceptors (Lipinski definition) is 6. The van der Waals surface area contributed by atoms with Gasteiger partial charge in [-0.3, -0.25) is 14.4 Å². The fourth-order valence-electron chi connectivity index (χ4n) is 5.99. The van der Waals surface area contributed by atoms with E-state index in [9.17, 15) is 14.4 Å². The van der Waals surface area contributed by atoms with Crippen molar-refractivity contribution < 1.29 is 28.6 Å². The zero-order chi connectivity index (χ0) is 43.0.